The molecule has 0 aromatic carbocycles. The van der Waals surface area contributed by atoms with Crippen LogP contribution < -0.4 is 0 Å². The number of carbonyl (C=O) groups excluding carboxylic acids is 1. The normalized spacial score (nSPS) is 30.0. The molecule has 1 unspecified atom stereocenters. The van der Waals surface area contributed by atoms with Crippen molar-refractivity contribution in [2.75, 3.05) is 19.7 Å². The molecule has 21 heavy (non-hydrogen) atoms. The lowest BCUT2D eigenvalue weighted by Crippen LogP contribution is -2.51. The second-order valence-corrected chi connectivity index (χ2v) is 7.25. The molecule has 3 rings (SSSR count). The number of rotatable bonds is 3. The molecular weight excluding hydrogens is 266 g/mol. The maximum Gasteiger partial charge on any atom is 0.222 e. The molecular formula is C17H29NO3. The molecule has 4 nitrogen and oxygen atoms in total. The summed E-state index contributed by atoms with van der Waals surface area (Å²) in [6, 6.07) is 0. The minimum atomic E-state index is -0.219. The number of aliphatic hydroxyl groups excluding tert-OH is 1. The second kappa shape index (κ2) is 6.66. The van der Waals surface area contributed by atoms with Crippen LogP contribution in [0.25, 0.3) is 0 Å². The summed E-state index contributed by atoms with van der Waals surface area (Å²) in [4.78, 5) is 14.3. The highest BCUT2D eigenvalue weighted by molar-refractivity contribution is 5.76. The molecule has 1 aliphatic carbocycles. The number of likely N-dealkylation sites (tertiary alicyclic amines) is 1. The first kappa shape index (κ1) is 15.3. The number of nitrogens with zero attached hydrogens (tertiary/aromatic N) is 1. The van der Waals surface area contributed by atoms with Crippen LogP contribution in [-0.4, -0.2) is 47.3 Å². The Morgan fingerprint density at radius 2 is 1.90 bits per heavy atom. The largest absolute Gasteiger partial charge is 0.393 e. The lowest BCUT2D eigenvalue weighted by molar-refractivity contribution is -0.154. The van der Waals surface area contributed by atoms with Gasteiger partial charge in [-0.1, -0.05) is 25.7 Å². The fourth-order valence-corrected chi connectivity index (χ4v) is 4.30. The summed E-state index contributed by atoms with van der Waals surface area (Å²) in [5, 5.41) is 9.85. The first-order valence-electron chi connectivity index (χ1n) is 8.77. The van der Waals surface area contributed by atoms with E-state index in [4.69, 9.17) is 4.74 Å². The quantitative estimate of drug-likeness (QED) is 0.870. The summed E-state index contributed by atoms with van der Waals surface area (Å²) in [6.07, 6.45) is 10.2. The molecule has 0 radical (unpaired) electrons. The van der Waals surface area contributed by atoms with Crippen LogP contribution in [0.15, 0.2) is 0 Å². The molecule has 0 bridgehead atoms. The Hall–Kier alpha value is -0.610. The van der Waals surface area contributed by atoms with E-state index in [1.165, 1.54) is 25.7 Å². The van der Waals surface area contributed by atoms with E-state index in [1.54, 1.807) is 0 Å². The zero-order chi connectivity index (χ0) is 14.7. The van der Waals surface area contributed by atoms with Gasteiger partial charge in [-0.05, 0) is 31.6 Å². The van der Waals surface area contributed by atoms with E-state index in [2.05, 4.69) is 0 Å². The molecule has 0 aromatic heterocycles. The van der Waals surface area contributed by atoms with E-state index in [0.29, 0.717) is 12.5 Å². The number of hydrogen-bond acceptors (Lipinski definition) is 3. The molecule has 2 saturated heterocycles. The number of hydrogen-bond donors (Lipinski definition) is 1. The van der Waals surface area contributed by atoms with Gasteiger partial charge in [-0.25, -0.2) is 0 Å². The minimum absolute atomic E-state index is 0.153. The first-order valence-corrected chi connectivity index (χ1v) is 8.77. The van der Waals surface area contributed by atoms with Gasteiger partial charge in [0.15, 0.2) is 0 Å². The van der Waals surface area contributed by atoms with Crippen LogP contribution in [0.3, 0.4) is 0 Å². The topological polar surface area (TPSA) is 49.8 Å². The lowest BCUT2D eigenvalue weighted by Gasteiger charge is -2.45. The smallest absolute Gasteiger partial charge is 0.222 e. The third-order valence-electron chi connectivity index (χ3n) is 5.74. The van der Waals surface area contributed by atoms with Crippen molar-refractivity contribution in [2.45, 2.75) is 75.9 Å². The summed E-state index contributed by atoms with van der Waals surface area (Å²) in [6.45, 7) is 2.27. The molecule has 1 spiro atoms. The van der Waals surface area contributed by atoms with Crippen LogP contribution in [0.1, 0.15) is 64.2 Å². The van der Waals surface area contributed by atoms with Crippen molar-refractivity contribution >= 4 is 5.91 Å². The minimum Gasteiger partial charge on any atom is -0.393 e. The molecule has 4 heteroatoms. The molecule has 1 N–H and O–H groups in total. The van der Waals surface area contributed by atoms with Gasteiger partial charge in [-0.3, -0.25) is 4.79 Å². The highest BCUT2D eigenvalue weighted by Gasteiger charge is 2.40. The van der Waals surface area contributed by atoms with E-state index < -0.39 is 0 Å². The van der Waals surface area contributed by atoms with Crippen LogP contribution in [0.4, 0.5) is 0 Å². The van der Waals surface area contributed by atoms with Gasteiger partial charge < -0.3 is 14.7 Å². The van der Waals surface area contributed by atoms with Gasteiger partial charge in [0.25, 0.3) is 0 Å². The third-order valence-corrected chi connectivity index (χ3v) is 5.74. The van der Waals surface area contributed by atoms with E-state index in [1.807, 2.05) is 4.90 Å². The monoisotopic (exact) mass is 295 g/mol. The zero-order valence-corrected chi connectivity index (χ0v) is 13.1. The summed E-state index contributed by atoms with van der Waals surface area (Å²) < 4.78 is 5.95. The molecule has 120 valence electrons. The van der Waals surface area contributed by atoms with Crippen molar-refractivity contribution in [1.82, 2.24) is 4.90 Å². The van der Waals surface area contributed by atoms with Gasteiger partial charge in [0.2, 0.25) is 5.91 Å². The predicted molar refractivity (Wildman–Crippen MR) is 80.9 cm³/mol. The van der Waals surface area contributed by atoms with Crippen molar-refractivity contribution in [3.8, 4) is 0 Å². The van der Waals surface area contributed by atoms with Gasteiger partial charge in [-0.15, -0.1) is 0 Å². The fourth-order valence-electron chi connectivity index (χ4n) is 4.30. The molecule has 2 heterocycles. The van der Waals surface area contributed by atoms with Crippen molar-refractivity contribution in [3.05, 3.63) is 0 Å². The number of aliphatic hydroxyl groups is 1. The van der Waals surface area contributed by atoms with Crippen molar-refractivity contribution in [2.24, 2.45) is 5.92 Å². The third kappa shape index (κ3) is 3.78. The number of ether oxygens (including phenoxy) is 1. The molecule has 3 fully saturated rings. The van der Waals surface area contributed by atoms with Gasteiger partial charge in [0.1, 0.15) is 0 Å². The number of piperidine rings is 1. The zero-order valence-electron chi connectivity index (χ0n) is 13.1. The summed E-state index contributed by atoms with van der Waals surface area (Å²) in [5.74, 6) is 1.12. The van der Waals surface area contributed by atoms with Gasteiger partial charge in [-0.2, -0.15) is 0 Å². The Kier molecular flexibility index (Phi) is 4.85. The van der Waals surface area contributed by atoms with Crippen molar-refractivity contribution in [1.29, 1.82) is 0 Å². The molecule has 0 aromatic rings. The molecule has 2 aliphatic heterocycles. The van der Waals surface area contributed by atoms with Gasteiger partial charge >= 0.3 is 0 Å². The lowest BCUT2D eigenvalue weighted by atomic mass is 9.83. The standard InChI is InChI=1S/C17H29NO3/c19-15-7-12-21-17(13-15)8-10-18(11-9-17)16(20)6-5-14-3-1-2-4-14/h14-15,19H,1-13H2. The summed E-state index contributed by atoms with van der Waals surface area (Å²) in [7, 11) is 0. The summed E-state index contributed by atoms with van der Waals surface area (Å²) >= 11 is 0. The number of amides is 1. The Balaban J connectivity index is 1.43. The van der Waals surface area contributed by atoms with Crippen LogP contribution in [-0.2, 0) is 9.53 Å². The second-order valence-electron chi connectivity index (χ2n) is 7.25. The van der Waals surface area contributed by atoms with E-state index in [-0.39, 0.29) is 11.7 Å². The van der Waals surface area contributed by atoms with Crippen molar-refractivity contribution < 1.29 is 14.6 Å². The average molecular weight is 295 g/mol. The van der Waals surface area contributed by atoms with Crippen LogP contribution in [0.5, 0.6) is 0 Å². The van der Waals surface area contributed by atoms with E-state index >= 15 is 0 Å². The van der Waals surface area contributed by atoms with Crippen LogP contribution in [0.2, 0.25) is 0 Å². The molecule has 1 amide bonds. The maximum absolute atomic E-state index is 12.3. The van der Waals surface area contributed by atoms with Crippen LogP contribution >= 0.6 is 0 Å². The molecule has 3 aliphatic rings. The molecule has 1 saturated carbocycles. The van der Waals surface area contributed by atoms with Crippen LogP contribution in [0, 0.1) is 5.92 Å². The number of carbonyl (C=O) groups is 1. The van der Waals surface area contributed by atoms with Crippen molar-refractivity contribution in [3.63, 3.8) is 0 Å². The SMILES string of the molecule is O=C(CCC1CCCC1)N1CCC2(CC1)CC(O)CCO2. The Bertz CT molecular complexity index is 357. The average Bonchev–Trinajstić information content (AvgIpc) is 2.99. The Morgan fingerprint density at radius 1 is 1.19 bits per heavy atom. The predicted octanol–water partition coefficient (Wildman–Crippen LogP) is 2.49. The highest BCUT2D eigenvalue weighted by atomic mass is 16.5. The molecule has 1 atom stereocenters. The fraction of sp³-hybridized carbons (Fsp3) is 0.941. The maximum atomic E-state index is 12.3. The van der Waals surface area contributed by atoms with Gasteiger partial charge in [0, 0.05) is 32.5 Å². The summed E-state index contributed by atoms with van der Waals surface area (Å²) in [5.41, 5.74) is -0.153. The van der Waals surface area contributed by atoms with E-state index in [9.17, 15) is 9.90 Å². The van der Waals surface area contributed by atoms with Gasteiger partial charge in [0.05, 0.1) is 11.7 Å². The Morgan fingerprint density at radius 3 is 2.57 bits per heavy atom. The Labute approximate surface area is 127 Å². The van der Waals surface area contributed by atoms with E-state index in [0.717, 1.165) is 57.5 Å². The highest BCUT2D eigenvalue weighted by Crippen LogP contribution is 2.35. The first-order chi connectivity index (χ1) is 10.2.